The molecule has 0 atom stereocenters. The van der Waals surface area contributed by atoms with Crippen molar-refractivity contribution in [3.8, 4) is 0 Å². The van der Waals surface area contributed by atoms with Crippen molar-refractivity contribution >= 4 is 11.6 Å². The Kier molecular flexibility index (Phi) is 3.75. The van der Waals surface area contributed by atoms with E-state index in [0.29, 0.717) is 6.04 Å². The van der Waals surface area contributed by atoms with Gasteiger partial charge in [0.05, 0.1) is 6.04 Å². The van der Waals surface area contributed by atoms with Crippen LogP contribution in [-0.2, 0) is 6.42 Å². The molecule has 0 spiro atoms. The van der Waals surface area contributed by atoms with Crippen molar-refractivity contribution < 1.29 is 0 Å². The summed E-state index contributed by atoms with van der Waals surface area (Å²) in [5.41, 5.74) is 1.18. The van der Waals surface area contributed by atoms with E-state index in [4.69, 9.17) is 11.6 Å². The van der Waals surface area contributed by atoms with Gasteiger partial charge in [-0.3, -0.25) is 0 Å². The Balaban J connectivity index is 1.77. The third-order valence-corrected chi connectivity index (χ3v) is 3.74. The summed E-state index contributed by atoms with van der Waals surface area (Å²) in [5.74, 6) is 0.925. The van der Waals surface area contributed by atoms with Gasteiger partial charge in [0.2, 0.25) is 0 Å². The molecule has 1 aliphatic rings. The maximum atomic E-state index is 5.89. The lowest BCUT2D eigenvalue weighted by molar-refractivity contribution is 0.331. The minimum Gasteiger partial charge on any atom is -0.317 e. The Morgan fingerprint density at radius 1 is 1.21 bits per heavy atom. The highest BCUT2D eigenvalue weighted by Gasteiger charge is 2.19. The number of aromatic nitrogens is 4. The molecule has 2 aromatic rings. The van der Waals surface area contributed by atoms with Crippen molar-refractivity contribution in [1.29, 1.82) is 0 Å². The zero-order valence-electron chi connectivity index (χ0n) is 10.6. The highest BCUT2D eigenvalue weighted by Crippen LogP contribution is 2.20. The molecule has 5 nitrogen and oxygen atoms in total. The Morgan fingerprint density at radius 2 is 1.95 bits per heavy atom. The quantitative estimate of drug-likeness (QED) is 0.930. The van der Waals surface area contributed by atoms with Crippen molar-refractivity contribution in [3.05, 3.63) is 40.7 Å². The van der Waals surface area contributed by atoms with Crippen LogP contribution < -0.4 is 5.32 Å². The van der Waals surface area contributed by atoms with Crippen molar-refractivity contribution in [2.75, 3.05) is 13.1 Å². The predicted molar refractivity (Wildman–Crippen MR) is 73.2 cm³/mol. The summed E-state index contributed by atoms with van der Waals surface area (Å²) < 4.78 is 1.98. The van der Waals surface area contributed by atoms with Gasteiger partial charge in [-0.25, -0.2) is 4.68 Å². The molecule has 0 bridgehead atoms. The maximum absolute atomic E-state index is 5.89. The molecular formula is C13H16ClN5. The molecule has 0 aliphatic carbocycles. The summed E-state index contributed by atoms with van der Waals surface area (Å²) in [5, 5.41) is 16.2. The SMILES string of the molecule is Clc1ccc(Cc2nnnn2C2CCNCC2)cc1. The number of halogens is 1. The molecule has 1 aliphatic heterocycles. The number of hydrogen-bond acceptors (Lipinski definition) is 4. The van der Waals surface area contributed by atoms with Crippen LogP contribution in [0.4, 0.5) is 0 Å². The van der Waals surface area contributed by atoms with E-state index in [2.05, 4.69) is 20.8 Å². The Bertz CT molecular complexity index is 530. The van der Waals surface area contributed by atoms with Crippen molar-refractivity contribution in [1.82, 2.24) is 25.5 Å². The Morgan fingerprint density at radius 3 is 2.68 bits per heavy atom. The highest BCUT2D eigenvalue weighted by molar-refractivity contribution is 6.30. The van der Waals surface area contributed by atoms with E-state index in [1.54, 1.807) is 0 Å². The van der Waals surface area contributed by atoms with Gasteiger partial charge in [-0.1, -0.05) is 23.7 Å². The lowest BCUT2D eigenvalue weighted by Gasteiger charge is -2.23. The van der Waals surface area contributed by atoms with Crippen LogP contribution in [0.1, 0.15) is 30.3 Å². The summed E-state index contributed by atoms with van der Waals surface area (Å²) >= 11 is 5.89. The molecule has 3 rings (SSSR count). The standard InChI is InChI=1S/C13H16ClN5/c14-11-3-1-10(2-4-11)9-13-16-17-18-19(13)12-5-7-15-8-6-12/h1-4,12,15H,5-9H2. The number of hydrogen-bond donors (Lipinski definition) is 1. The number of nitrogens with zero attached hydrogens (tertiary/aromatic N) is 4. The van der Waals surface area contributed by atoms with Gasteiger partial charge in [-0.15, -0.1) is 5.10 Å². The van der Waals surface area contributed by atoms with Gasteiger partial charge in [-0.2, -0.15) is 0 Å². The maximum Gasteiger partial charge on any atom is 0.155 e. The third kappa shape index (κ3) is 2.93. The zero-order valence-corrected chi connectivity index (χ0v) is 11.3. The third-order valence-electron chi connectivity index (χ3n) is 3.49. The van der Waals surface area contributed by atoms with Crippen molar-refractivity contribution in [2.24, 2.45) is 0 Å². The average molecular weight is 278 g/mol. The van der Waals surface area contributed by atoms with E-state index >= 15 is 0 Å². The first kappa shape index (κ1) is 12.6. The minimum atomic E-state index is 0.415. The van der Waals surface area contributed by atoms with Crippen LogP contribution in [0.2, 0.25) is 5.02 Å². The van der Waals surface area contributed by atoms with Crippen LogP contribution in [0.3, 0.4) is 0 Å². The smallest absolute Gasteiger partial charge is 0.155 e. The summed E-state index contributed by atoms with van der Waals surface area (Å²) in [4.78, 5) is 0. The second-order valence-electron chi connectivity index (χ2n) is 4.82. The van der Waals surface area contributed by atoms with Crippen LogP contribution in [0.5, 0.6) is 0 Å². The van der Waals surface area contributed by atoms with Crippen LogP contribution in [0, 0.1) is 0 Å². The monoisotopic (exact) mass is 277 g/mol. The summed E-state index contributed by atoms with van der Waals surface area (Å²) in [6.45, 7) is 2.07. The molecule has 0 amide bonds. The molecule has 6 heteroatoms. The fraction of sp³-hybridized carbons (Fsp3) is 0.462. The van der Waals surface area contributed by atoms with Crippen LogP contribution in [0.25, 0.3) is 0 Å². The van der Waals surface area contributed by atoms with Gasteiger partial charge in [0.25, 0.3) is 0 Å². The molecule has 0 unspecified atom stereocenters. The molecule has 100 valence electrons. The van der Waals surface area contributed by atoms with Gasteiger partial charge >= 0.3 is 0 Å². The van der Waals surface area contributed by atoms with E-state index in [1.807, 2.05) is 28.9 Å². The van der Waals surface area contributed by atoms with E-state index < -0.39 is 0 Å². The zero-order chi connectivity index (χ0) is 13.1. The second-order valence-corrected chi connectivity index (χ2v) is 5.26. The summed E-state index contributed by atoms with van der Waals surface area (Å²) in [6, 6.07) is 8.25. The Hall–Kier alpha value is -1.46. The molecule has 0 saturated carbocycles. The molecule has 1 fully saturated rings. The predicted octanol–water partition coefficient (Wildman–Crippen LogP) is 1.84. The number of nitrogens with one attached hydrogen (secondary N) is 1. The van der Waals surface area contributed by atoms with E-state index in [1.165, 1.54) is 5.56 Å². The summed E-state index contributed by atoms with van der Waals surface area (Å²) in [6.07, 6.45) is 2.91. The largest absolute Gasteiger partial charge is 0.317 e. The minimum absolute atomic E-state index is 0.415. The number of tetrazole rings is 1. The van der Waals surface area contributed by atoms with Gasteiger partial charge in [0.15, 0.2) is 5.82 Å². The average Bonchev–Trinajstić information content (AvgIpc) is 2.90. The molecule has 19 heavy (non-hydrogen) atoms. The summed E-state index contributed by atoms with van der Waals surface area (Å²) in [7, 11) is 0. The highest BCUT2D eigenvalue weighted by atomic mass is 35.5. The Labute approximate surface area is 117 Å². The fourth-order valence-electron chi connectivity index (χ4n) is 2.45. The molecule has 1 aromatic heterocycles. The second kappa shape index (κ2) is 5.67. The van der Waals surface area contributed by atoms with E-state index in [-0.39, 0.29) is 0 Å². The molecule has 1 saturated heterocycles. The van der Waals surface area contributed by atoms with Crippen LogP contribution in [-0.4, -0.2) is 33.3 Å². The van der Waals surface area contributed by atoms with Gasteiger partial charge in [-0.05, 0) is 54.1 Å². The normalized spacial score (nSPS) is 16.7. The van der Waals surface area contributed by atoms with Crippen molar-refractivity contribution in [2.45, 2.75) is 25.3 Å². The van der Waals surface area contributed by atoms with Crippen molar-refractivity contribution in [3.63, 3.8) is 0 Å². The van der Waals surface area contributed by atoms with E-state index in [9.17, 15) is 0 Å². The van der Waals surface area contributed by atoms with Gasteiger partial charge < -0.3 is 5.32 Å². The van der Waals surface area contributed by atoms with Gasteiger partial charge in [0.1, 0.15) is 0 Å². The molecule has 0 radical (unpaired) electrons. The lowest BCUT2D eigenvalue weighted by atomic mass is 10.1. The molecular weight excluding hydrogens is 262 g/mol. The molecule has 1 N–H and O–H groups in total. The first-order chi connectivity index (χ1) is 9.33. The first-order valence-electron chi connectivity index (χ1n) is 6.55. The van der Waals surface area contributed by atoms with Gasteiger partial charge in [0, 0.05) is 11.4 Å². The lowest BCUT2D eigenvalue weighted by Crippen LogP contribution is -2.30. The van der Waals surface area contributed by atoms with Crippen LogP contribution in [0.15, 0.2) is 24.3 Å². The van der Waals surface area contributed by atoms with E-state index in [0.717, 1.165) is 43.2 Å². The number of piperidine rings is 1. The molecule has 1 aromatic carbocycles. The topological polar surface area (TPSA) is 55.6 Å². The number of rotatable bonds is 3. The fourth-order valence-corrected chi connectivity index (χ4v) is 2.57. The van der Waals surface area contributed by atoms with Crippen LogP contribution >= 0.6 is 11.6 Å². The first-order valence-corrected chi connectivity index (χ1v) is 6.92. The number of benzene rings is 1. The molecule has 2 heterocycles.